The van der Waals surface area contributed by atoms with E-state index in [-0.39, 0.29) is 21.8 Å². The number of rotatable bonds is 5. The molecule has 1 amide bonds. The molecule has 94 valence electrons. The van der Waals surface area contributed by atoms with E-state index >= 15 is 0 Å². The van der Waals surface area contributed by atoms with Crippen LogP contribution in [0.1, 0.15) is 30.3 Å². The number of aliphatic hydroxyl groups is 1. The Morgan fingerprint density at radius 1 is 1.53 bits per heavy atom. The third kappa shape index (κ3) is 4.50. The molecule has 1 aromatic rings. The van der Waals surface area contributed by atoms with E-state index in [0.717, 1.165) is 0 Å². The smallest absolute Gasteiger partial charge is 0.271 e. The van der Waals surface area contributed by atoms with E-state index in [0.29, 0.717) is 19.4 Å². The Balaban J connectivity index is 2.55. The molecule has 1 heterocycles. The highest BCUT2D eigenvalue weighted by molar-refractivity contribution is 6.34. The van der Waals surface area contributed by atoms with Crippen LogP contribution < -0.4 is 5.32 Å². The number of amides is 1. The van der Waals surface area contributed by atoms with Crippen molar-refractivity contribution in [2.45, 2.75) is 25.9 Å². The van der Waals surface area contributed by atoms with E-state index in [9.17, 15) is 9.90 Å². The van der Waals surface area contributed by atoms with Crippen molar-refractivity contribution in [1.29, 1.82) is 0 Å². The molecule has 1 unspecified atom stereocenters. The van der Waals surface area contributed by atoms with E-state index in [2.05, 4.69) is 10.3 Å². The molecule has 0 saturated carbocycles. The number of halogens is 2. The van der Waals surface area contributed by atoms with Crippen LogP contribution >= 0.6 is 23.2 Å². The molecule has 0 aliphatic carbocycles. The van der Waals surface area contributed by atoms with Gasteiger partial charge in [0.2, 0.25) is 0 Å². The van der Waals surface area contributed by atoms with Crippen LogP contribution in [0.2, 0.25) is 10.2 Å². The summed E-state index contributed by atoms with van der Waals surface area (Å²) >= 11 is 11.5. The Morgan fingerprint density at radius 2 is 2.24 bits per heavy atom. The SMILES string of the molecule is CCC(O)CCNC(=O)c1nc(Cl)ccc1Cl. The molecule has 0 bridgehead atoms. The van der Waals surface area contributed by atoms with Gasteiger partial charge in [0.25, 0.3) is 5.91 Å². The molecule has 0 aliphatic rings. The average Bonchev–Trinajstić information content (AvgIpc) is 2.31. The summed E-state index contributed by atoms with van der Waals surface area (Å²) < 4.78 is 0. The fourth-order valence-electron chi connectivity index (χ4n) is 1.22. The fourth-order valence-corrected chi connectivity index (χ4v) is 1.56. The Bertz CT molecular complexity index is 399. The fraction of sp³-hybridized carbons (Fsp3) is 0.455. The van der Waals surface area contributed by atoms with Crippen LogP contribution in [0.5, 0.6) is 0 Å². The third-order valence-electron chi connectivity index (χ3n) is 2.26. The van der Waals surface area contributed by atoms with Gasteiger partial charge in [-0.05, 0) is 25.0 Å². The van der Waals surface area contributed by atoms with Crippen LogP contribution in [-0.4, -0.2) is 28.6 Å². The number of nitrogens with zero attached hydrogens (tertiary/aromatic N) is 1. The number of aromatic nitrogens is 1. The van der Waals surface area contributed by atoms with Crippen molar-refractivity contribution in [2.24, 2.45) is 0 Å². The topological polar surface area (TPSA) is 62.2 Å². The lowest BCUT2D eigenvalue weighted by molar-refractivity contribution is 0.0937. The van der Waals surface area contributed by atoms with Crippen LogP contribution in [0.25, 0.3) is 0 Å². The molecular weight excluding hydrogens is 263 g/mol. The maximum absolute atomic E-state index is 11.7. The van der Waals surface area contributed by atoms with Crippen LogP contribution in [-0.2, 0) is 0 Å². The van der Waals surface area contributed by atoms with E-state index < -0.39 is 6.10 Å². The molecule has 0 radical (unpaired) electrons. The third-order valence-corrected chi connectivity index (χ3v) is 2.78. The molecule has 1 atom stereocenters. The van der Waals surface area contributed by atoms with Crippen molar-refractivity contribution < 1.29 is 9.90 Å². The summed E-state index contributed by atoms with van der Waals surface area (Å²) in [5.41, 5.74) is 0.102. The van der Waals surface area contributed by atoms with Crippen LogP contribution in [0.15, 0.2) is 12.1 Å². The maximum atomic E-state index is 11.7. The molecule has 1 rings (SSSR count). The van der Waals surface area contributed by atoms with Gasteiger partial charge in [-0.3, -0.25) is 4.79 Å². The summed E-state index contributed by atoms with van der Waals surface area (Å²) in [5.74, 6) is -0.388. The Morgan fingerprint density at radius 3 is 2.88 bits per heavy atom. The summed E-state index contributed by atoms with van der Waals surface area (Å²) in [4.78, 5) is 15.5. The first-order valence-electron chi connectivity index (χ1n) is 5.33. The number of carbonyl (C=O) groups excluding carboxylic acids is 1. The van der Waals surface area contributed by atoms with Crippen molar-refractivity contribution in [3.05, 3.63) is 28.0 Å². The first kappa shape index (κ1) is 14.2. The van der Waals surface area contributed by atoms with Crippen LogP contribution in [0.4, 0.5) is 0 Å². The summed E-state index contributed by atoms with van der Waals surface area (Å²) in [6.07, 6.45) is 0.755. The zero-order chi connectivity index (χ0) is 12.8. The van der Waals surface area contributed by atoms with Crippen molar-refractivity contribution in [2.75, 3.05) is 6.54 Å². The van der Waals surface area contributed by atoms with Crippen molar-refractivity contribution in [3.63, 3.8) is 0 Å². The number of hydrogen-bond acceptors (Lipinski definition) is 3. The molecule has 2 N–H and O–H groups in total. The quantitative estimate of drug-likeness (QED) is 0.812. The molecule has 0 spiro atoms. The molecule has 0 aromatic carbocycles. The molecule has 1 aromatic heterocycles. The number of hydrogen-bond donors (Lipinski definition) is 2. The number of aliphatic hydroxyl groups excluding tert-OH is 1. The molecule has 4 nitrogen and oxygen atoms in total. The highest BCUT2D eigenvalue weighted by atomic mass is 35.5. The van der Waals surface area contributed by atoms with E-state index in [1.54, 1.807) is 0 Å². The minimum absolute atomic E-state index is 0.102. The van der Waals surface area contributed by atoms with Gasteiger partial charge in [0.1, 0.15) is 10.8 Å². The van der Waals surface area contributed by atoms with Gasteiger partial charge in [-0.1, -0.05) is 30.1 Å². The summed E-state index contributed by atoms with van der Waals surface area (Å²) in [6, 6.07) is 3.04. The number of carbonyl (C=O) groups is 1. The lowest BCUT2D eigenvalue weighted by Gasteiger charge is -2.09. The van der Waals surface area contributed by atoms with Crippen LogP contribution in [0, 0.1) is 0 Å². The van der Waals surface area contributed by atoms with E-state index in [1.807, 2.05) is 6.92 Å². The van der Waals surface area contributed by atoms with Crippen molar-refractivity contribution in [1.82, 2.24) is 10.3 Å². The largest absolute Gasteiger partial charge is 0.393 e. The molecule has 17 heavy (non-hydrogen) atoms. The van der Waals surface area contributed by atoms with Gasteiger partial charge in [0.15, 0.2) is 0 Å². The van der Waals surface area contributed by atoms with Gasteiger partial charge < -0.3 is 10.4 Å². The van der Waals surface area contributed by atoms with Gasteiger partial charge in [0, 0.05) is 6.54 Å². The predicted octanol–water partition coefficient (Wildman–Crippen LogP) is 2.28. The molecule has 0 aliphatic heterocycles. The second kappa shape index (κ2) is 6.79. The average molecular weight is 277 g/mol. The van der Waals surface area contributed by atoms with E-state index in [4.69, 9.17) is 23.2 Å². The zero-order valence-electron chi connectivity index (χ0n) is 9.41. The monoisotopic (exact) mass is 276 g/mol. The first-order chi connectivity index (χ1) is 8.04. The first-order valence-corrected chi connectivity index (χ1v) is 6.08. The van der Waals surface area contributed by atoms with Crippen molar-refractivity contribution in [3.8, 4) is 0 Å². The molecule has 6 heteroatoms. The Hall–Kier alpha value is -0.840. The molecule has 0 fully saturated rings. The summed E-state index contributed by atoms with van der Waals surface area (Å²) in [7, 11) is 0. The minimum Gasteiger partial charge on any atom is -0.393 e. The lowest BCUT2D eigenvalue weighted by Crippen LogP contribution is -2.28. The Labute approximate surface area is 110 Å². The maximum Gasteiger partial charge on any atom is 0.271 e. The summed E-state index contributed by atoms with van der Waals surface area (Å²) in [5, 5.41) is 12.4. The van der Waals surface area contributed by atoms with Gasteiger partial charge >= 0.3 is 0 Å². The second-order valence-corrected chi connectivity index (χ2v) is 4.37. The van der Waals surface area contributed by atoms with E-state index in [1.165, 1.54) is 12.1 Å². The predicted molar refractivity (Wildman–Crippen MR) is 67.5 cm³/mol. The summed E-state index contributed by atoms with van der Waals surface area (Å²) in [6.45, 7) is 2.25. The van der Waals surface area contributed by atoms with Gasteiger partial charge in [0.05, 0.1) is 11.1 Å². The Kier molecular flexibility index (Phi) is 5.68. The van der Waals surface area contributed by atoms with Crippen LogP contribution in [0.3, 0.4) is 0 Å². The highest BCUT2D eigenvalue weighted by Crippen LogP contribution is 2.16. The minimum atomic E-state index is -0.405. The second-order valence-electron chi connectivity index (χ2n) is 3.57. The van der Waals surface area contributed by atoms with Gasteiger partial charge in [-0.15, -0.1) is 0 Å². The molecular formula is C11H14Cl2N2O2. The number of nitrogens with one attached hydrogen (secondary N) is 1. The van der Waals surface area contributed by atoms with Crippen molar-refractivity contribution >= 4 is 29.1 Å². The van der Waals surface area contributed by atoms with Gasteiger partial charge in [-0.2, -0.15) is 0 Å². The normalized spacial score (nSPS) is 12.2. The standard InChI is InChI=1S/C11H14Cl2N2O2/c1-2-7(16)5-6-14-11(17)10-8(12)3-4-9(13)15-10/h3-4,7,16H,2,5-6H2,1H3,(H,14,17). The highest BCUT2D eigenvalue weighted by Gasteiger charge is 2.12. The molecule has 0 saturated heterocycles. The lowest BCUT2D eigenvalue weighted by atomic mass is 10.2. The zero-order valence-corrected chi connectivity index (χ0v) is 10.9. The van der Waals surface area contributed by atoms with Gasteiger partial charge in [-0.25, -0.2) is 4.98 Å². The number of pyridine rings is 1.